The Balaban J connectivity index is 3.49. The van der Waals surface area contributed by atoms with Crippen LogP contribution in [0.3, 0.4) is 0 Å². The summed E-state index contributed by atoms with van der Waals surface area (Å²) in [6.07, 6.45) is 0. The summed E-state index contributed by atoms with van der Waals surface area (Å²) in [4.78, 5) is 13.8. The lowest BCUT2D eigenvalue weighted by atomic mass is 10.1. The Morgan fingerprint density at radius 1 is 1.58 bits per heavy atom. The van der Waals surface area contributed by atoms with Crippen LogP contribution in [0.25, 0.3) is 0 Å². The van der Waals surface area contributed by atoms with E-state index in [4.69, 9.17) is 11.1 Å². The summed E-state index contributed by atoms with van der Waals surface area (Å²) in [5, 5.41) is 7.15. The van der Waals surface area contributed by atoms with Crippen molar-refractivity contribution in [1.82, 2.24) is 4.98 Å². The average Bonchev–Trinajstić information content (AvgIpc) is 1.82. The van der Waals surface area contributed by atoms with Gasteiger partial charge < -0.3 is 10.7 Å². The number of nitrogens with one attached hydrogen (secondary N) is 2. The van der Waals surface area contributed by atoms with Crippen molar-refractivity contribution >= 4 is 5.84 Å². The molecule has 4 heteroatoms. The topological polar surface area (TPSA) is 82.7 Å². The number of H-pyrrole nitrogens is 1. The number of aromatic amines is 1. The molecule has 0 atom stereocenters. The van der Waals surface area contributed by atoms with Crippen LogP contribution in [0.5, 0.6) is 0 Å². The fraction of sp³-hybridized carbons (Fsp3) is 0.250. The van der Waals surface area contributed by atoms with Crippen LogP contribution in [0.1, 0.15) is 16.8 Å². The molecule has 64 valence electrons. The molecule has 0 aliphatic heterocycles. The van der Waals surface area contributed by atoms with E-state index in [-0.39, 0.29) is 17.0 Å². The van der Waals surface area contributed by atoms with Crippen molar-refractivity contribution < 1.29 is 0 Å². The average molecular weight is 165 g/mol. The first-order valence-electron chi connectivity index (χ1n) is 3.57. The van der Waals surface area contributed by atoms with E-state index in [0.717, 1.165) is 11.3 Å². The summed E-state index contributed by atoms with van der Waals surface area (Å²) in [5.41, 5.74) is 6.72. The first-order valence-corrected chi connectivity index (χ1v) is 3.57. The first kappa shape index (κ1) is 8.52. The molecular weight excluding hydrogens is 154 g/mol. The maximum Gasteiger partial charge on any atom is 0.259 e. The number of nitrogens with two attached hydrogens (primary N) is 1. The minimum Gasteiger partial charge on any atom is -0.384 e. The van der Waals surface area contributed by atoms with Crippen LogP contribution in [-0.4, -0.2) is 10.8 Å². The molecule has 12 heavy (non-hydrogen) atoms. The molecule has 1 rings (SSSR count). The van der Waals surface area contributed by atoms with Gasteiger partial charge in [-0.05, 0) is 25.5 Å². The van der Waals surface area contributed by atoms with Crippen LogP contribution in [0, 0.1) is 19.3 Å². The smallest absolute Gasteiger partial charge is 0.259 e. The van der Waals surface area contributed by atoms with Crippen LogP contribution in [0.2, 0.25) is 0 Å². The maximum atomic E-state index is 11.2. The monoisotopic (exact) mass is 165 g/mol. The number of rotatable bonds is 1. The molecular formula is C8H11N3O. The number of nitrogen functional groups attached to an aromatic ring is 1. The predicted octanol–water partition coefficient (Wildman–Crippen LogP) is 0.276. The molecule has 0 bridgehead atoms. The normalized spacial score (nSPS) is 9.83. The van der Waals surface area contributed by atoms with E-state index in [2.05, 4.69) is 4.98 Å². The maximum absolute atomic E-state index is 11.2. The van der Waals surface area contributed by atoms with Crippen molar-refractivity contribution in [2.45, 2.75) is 13.8 Å². The lowest BCUT2D eigenvalue weighted by Crippen LogP contribution is -2.25. The zero-order valence-corrected chi connectivity index (χ0v) is 7.06. The highest BCUT2D eigenvalue weighted by Crippen LogP contribution is 2.01. The van der Waals surface area contributed by atoms with Crippen molar-refractivity contribution in [2.75, 3.05) is 0 Å². The summed E-state index contributed by atoms with van der Waals surface area (Å²) in [7, 11) is 0. The second kappa shape index (κ2) is 2.81. The van der Waals surface area contributed by atoms with Gasteiger partial charge in [-0.3, -0.25) is 10.2 Å². The van der Waals surface area contributed by atoms with Gasteiger partial charge in [0.15, 0.2) is 0 Å². The SMILES string of the molecule is Cc1cc(C)c(C(=N)N)c(=O)[nH]1. The molecule has 0 amide bonds. The minimum absolute atomic E-state index is 0.186. The number of amidine groups is 1. The highest BCUT2D eigenvalue weighted by atomic mass is 16.1. The molecule has 1 aromatic rings. The summed E-state index contributed by atoms with van der Waals surface area (Å²) in [6, 6.07) is 1.79. The number of aryl methyl sites for hydroxylation is 2. The van der Waals surface area contributed by atoms with Gasteiger partial charge in [-0.25, -0.2) is 0 Å². The van der Waals surface area contributed by atoms with Crippen molar-refractivity contribution in [3.63, 3.8) is 0 Å². The van der Waals surface area contributed by atoms with Crippen LogP contribution >= 0.6 is 0 Å². The quantitative estimate of drug-likeness (QED) is 0.412. The van der Waals surface area contributed by atoms with E-state index in [1.165, 1.54) is 0 Å². The third kappa shape index (κ3) is 1.37. The zero-order chi connectivity index (χ0) is 9.30. The Hall–Kier alpha value is -1.58. The lowest BCUT2D eigenvalue weighted by Gasteiger charge is -2.02. The molecule has 0 aromatic carbocycles. The second-order valence-electron chi connectivity index (χ2n) is 2.75. The van der Waals surface area contributed by atoms with E-state index in [0.29, 0.717) is 0 Å². The van der Waals surface area contributed by atoms with Crippen LogP contribution in [-0.2, 0) is 0 Å². The van der Waals surface area contributed by atoms with Crippen molar-refractivity contribution in [3.05, 3.63) is 33.2 Å². The second-order valence-corrected chi connectivity index (χ2v) is 2.75. The Labute approximate surface area is 69.9 Å². The Bertz CT molecular complexity index is 378. The fourth-order valence-electron chi connectivity index (χ4n) is 1.19. The molecule has 0 aliphatic rings. The van der Waals surface area contributed by atoms with E-state index in [1.54, 1.807) is 19.9 Å². The van der Waals surface area contributed by atoms with Crippen LogP contribution in [0.15, 0.2) is 10.9 Å². The van der Waals surface area contributed by atoms with E-state index in [1.807, 2.05) is 0 Å². The Morgan fingerprint density at radius 3 is 2.58 bits per heavy atom. The highest BCUT2D eigenvalue weighted by Gasteiger charge is 2.06. The van der Waals surface area contributed by atoms with Crippen LogP contribution in [0.4, 0.5) is 0 Å². The standard InChI is InChI=1S/C8H11N3O/c1-4-3-5(2)11-8(12)6(4)7(9)10/h3H,1-2H3,(H3,9,10)(H,11,12). The van der Waals surface area contributed by atoms with E-state index in [9.17, 15) is 4.79 Å². The first-order chi connectivity index (χ1) is 5.52. The predicted molar refractivity (Wildman–Crippen MR) is 47.6 cm³/mol. The number of aromatic nitrogens is 1. The van der Waals surface area contributed by atoms with Gasteiger partial charge in [0, 0.05) is 5.69 Å². The minimum atomic E-state index is -0.292. The van der Waals surface area contributed by atoms with Gasteiger partial charge in [0.05, 0.1) is 5.56 Å². The molecule has 0 saturated heterocycles. The molecule has 1 heterocycles. The molecule has 0 unspecified atom stereocenters. The van der Waals surface area contributed by atoms with Crippen LogP contribution < -0.4 is 11.3 Å². The fourth-order valence-corrected chi connectivity index (χ4v) is 1.19. The number of hydrogen-bond donors (Lipinski definition) is 3. The molecule has 4 nitrogen and oxygen atoms in total. The Morgan fingerprint density at radius 2 is 2.17 bits per heavy atom. The number of hydrogen-bond acceptors (Lipinski definition) is 2. The molecule has 0 aliphatic carbocycles. The summed E-state index contributed by atoms with van der Waals surface area (Å²) in [6.45, 7) is 3.55. The van der Waals surface area contributed by atoms with E-state index < -0.39 is 0 Å². The van der Waals surface area contributed by atoms with Gasteiger partial charge in [-0.15, -0.1) is 0 Å². The third-order valence-corrected chi connectivity index (χ3v) is 1.63. The van der Waals surface area contributed by atoms with Gasteiger partial charge in [-0.1, -0.05) is 0 Å². The van der Waals surface area contributed by atoms with Gasteiger partial charge in [0.1, 0.15) is 5.84 Å². The number of pyridine rings is 1. The lowest BCUT2D eigenvalue weighted by molar-refractivity contribution is 1.11. The highest BCUT2D eigenvalue weighted by molar-refractivity contribution is 5.95. The van der Waals surface area contributed by atoms with Gasteiger partial charge in [0.2, 0.25) is 0 Å². The zero-order valence-electron chi connectivity index (χ0n) is 7.06. The summed E-state index contributed by atoms with van der Waals surface area (Å²) >= 11 is 0. The Kier molecular flexibility index (Phi) is 1.99. The molecule has 0 radical (unpaired) electrons. The van der Waals surface area contributed by atoms with Crippen molar-refractivity contribution in [3.8, 4) is 0 Å². The third-order valence-electron chi connectivity index (χ3n) is 1.63. The van der Waals surface area contributed by atoms with Gasteiger partial charge >= 0.3 is 0 Å². The molecule has 0 fully saturated rings. The summed E-state index contributed by atoms with van der Waals surface area (Å²) < 4.78 is 0. The molecule has 0 spiro atoms. The largest absolute Gasteiger partial charge is 0.384 e. The molecule has 4 N–H and O–H groups in total. The van der Waals surface area contributed by atoms with E-state index >= 15 is 0 Å². The van der Waals surface area contributed by atoms with Crippen molar-refractivity contribution in [1.29, 1.82) is 5.41 Å². The molecule has 1 aromatic heterocycles. The van der Waals surface area contributed by atoms with Gasteiger partial charge in [0.25, 0.3) is 5.56 Å². The van der Waals surface area contributed by atoms with Gasteiger partial charge in [-0.2, -0.15) is 0 Å². The summed E-state index contributed by atoms with van der Waals surface area (Å²) in [5.74, 6) is -0.186. The van der Waals surface area contributed by atoms with Crippen molar-refractivity contribution in [2.24, 2.45) is 5.73 Å². The molecule has 0 saturated carbocycles.